The zero-order valence-corrected chi connectivity index (χ0v) is 15.9. The normalized spacial score (nSPS) is 10.3. The molecule has 4 rings (SSSR count). The van der Waals surface area contributed by atoms with Gasteiger partial charge in [0, 0.05) is 10.8 Å². The van der Waals surface area contributed by atoms with Crippen LogP contribution in [0.1, 0.15) is 0 Å². The first-order chi connectivity index (χ1) is 14.7. The van der Waals surface area contributed by atoms with Crippen molar-refractivity contribution in [2.24, 2.45) is 0 Å². The van der Waals surface area contributed by atoms with Gasteiger partial charge in [0.05, 0.1) is 11.4 Å². The first-order valence-corrected chi connectivity index (χ1v) is 9.28. The van der Waals surface area contributed by atoms with Gasteiger partial charge in [0.15, 0.2) is 0 Å². The Morgan fingerprint density at radius 2 is 0.900 bits per heavy atom. The molecule has 0 aliphatic rings. The van der Waals surface area contributed by atoms with E-state index >= 15 is 0 Å². The summed E-state index contributed by atoms with van der Waals surface area (Å²) in [5.41, 5.74) is 1.13. The maximum Gasteiger partial charge on any atom is 0.417 e. The largest absolute Gasteiger partial charge is 0.417 e. The number of fused-ring (bicyclic) bond motifs is 1. The molecular weight excluding hydrogens is 380 g/mol. The molecule has 0 aliphatic carbocycles. The van der Waals surface area contributed by atoms with Gasteiger partial charge in [-0.1, -0.05) is 60.7 Å². The van der Waals surface area contributed by atoms with E-state index in [4.69, 9.17) is 9.47 Å². The maximum absolute atomic E-state index is 12.3. The fraction of sp³-hybridized carbons (Fsp3) is 0. The predicted octanol–water partition coefficient (Wildman–Crippen LogP) is 6.06. The molecule has 0 saturated heterocycles. The standard InChI is InChI=1S/C24H18N2O4/c27-23(29-17-9-3-1-4-10-17)25-21-15-7-14-20-19(21)13-8-16-22(20)26-24(28)30-18-11-5-2-6-12-18/h1-16H,(H,25,27)(H,26,28). The van der Waals surface area contributed by atoms with Crippen LogP contribution in [0.3, 0.4) is 0 Å². The summed E-state index contributed by atoms with van der Waals surface area (Å²) in [4.78, 5) is 24.5. The molecule has 148 valence electrons. The smallest absolute Gasteiger partial charge is 0.410 e. The fourth-order valence-corrected chi connectivity index (χ4v) is 2.99. The molecule has 0 spiro atoms. The molecule has 2 N–H and O–H groups in total. The van der Waals surface area contributed by atoms with Gasteiger partial charge in [0.2, 0.25) is 0 Å². The maximum atomic E-state index is 12.3. The van der Waals surface area contributed by atoms with E-state index in [-0.39, 0.29) is 0 Å². The minimum absolute atomic E-state index is 0.446. The highest BCUT2D eigenvalue weighted by molar-refractivity contribution is 6.07. The van der Waals surface area contributed by atoms with Crippen LogP contribution in [0.15, 0.2) is 97.1 Å². The van der Waals surface area contributed by atoms with Crippen LogP contribution in [0.4, 0.5) is 21.0 Å². The first-order valence-electron chi connectivity index (χ1n) is 9.28. The van der Waals surface area contributed by atoms with Crippen molar-refractivity contribution in [2.75, 3.05) is 10.6 Å². The predicted molar refractivity (Wildman–Crippen MR) is 116 cm³/mol. The van der Waals surface area contributed by atoms with E-state index in [0.717, 1.165) is 10.8 Å². The van der Waals surface area contributed by atoms with Crippen LogP contribution in [-0.4, -0.2) is 12.2 Å². The lowest BCUT2D eigenvalue weighted by Gasteiger charge is -2.13. The van der Waals surface area contributed by atoms with Crippen molar-refractivity contribution in [1.29, 1.82) is 0 Å². The van der Waals surface area contributed by atoms with Gasteiger partial charge in [-0.3, -0.25) is 10.6 Å². The molecule has 6 heteroatoms. The molecule has 2 amide bonds. The number of carbonyl (C=O) groups is 2. The third-order valence-corrected chi connectivity index (χ3v) is 4.30. The van der Waals surface area contributed by atoms with Crippen LogP contribution in [0, 0.1) is 0 Å². The summed E-state index contributed by atoms with van der Waals surface area (Å²) in [7, 11) is 0. The zero-order chi connectivity index (χ0) is 20.8. The van der Waals surface area contributed by atoms with Gasteiger partial charge in [-0.2, -0.15) is 0 Å². The summed E-state index contributed by atoms with van der Waals surface area (Å²) in [6, 6.07) is 28.4. The molecule has 30 heavy (non-hydrogen) atoms. The number of carbonyl (C=O) groups excluding carboxylic acids is 2. The molecule has 0 aliphatic heterocycles. The molecule has 0 unspecified atom stereocenters. The number of rotatable bonds is 4. The molecule has 0 aromatic heterocycles. The van der Waals surface area contributed by atoms with Gasteiger partial charge in [0.1, 0.15) is 11.5 Å². The molecule has 0 atom stereocenters. The second-order valence-corrected chi connectivity index (χ2v) is 6.36. The molecule has 0 heterocycles. The molecule has 0 fully saturated rings. The summed E-state index contributed by atoms with van der Waals surface area (Å²) >= 11 is 0. The van der Waals surface area contributed by atoms with Gasteiger partial charge < -0.3 is 9.47 Å². The van der Waals surface area contributed by atoms with Crippen molar-refractivity contribution < 1.29 is 19.1 Å². The van der Waals surface area contributed by atoms with Gasteiger partial charge in [-0.05, 0) is 36.4 Å². The lowest BCUT2D eigenvalue weighted by atomic mass is 10.1. The molecule has 4 aromatic rings. The van der Waals surface area contributed by atoms with Crippen LogP contribution in [0.5, 0.6) is 11.5 Å². The lowest BCUT2D eigenvalue weighted by Crippen LogP contribution is -2.18. The fourth-order valence-electron chi connectivity index (χ4n) is 2.99. The highest BCUT2D eigenvalue weighted by atomic mass is 16.6. The first kappa shape index (κ1) is 19.0. The van der Waals surface area contributed by atoms with E-state index in [2.05, 4.69) is 10.6 Å². The third kappa shape index (κ3) is 4.56. The monoisotopic (exact) mass is 398 g/mol. The summed E-state index contributed by atoms with van der Waals surface area (Å²) in [6.07, 6.45) is -1.20. The Hall–Kier alpha value is -4.32. The van der Waals surface area contributed by atoms with Gasteiger partial charge in [-0.15, -0.1) is 0 Å². The van der Waals surface area contributed by atoms with Crippen molar-refractivity contribution in [3.8, 4) is 11.5 Å². The van der Waals surface area contributed by atoms with Gasteiger partial charge in [0.25, 0.3) is 0 Å². The number of hydrogen-bond acceptors (Lipinski definition) is 4. The van der Waals surface area contributed by atoms with Crippen LogP contribution in [0.2, 0.25) is 0 Å². The Bertz CT molecular complexity index is 1080. The second-order valence-electron chi connectivity index (χ2n) is 6.36. The van der Waals surface area contributed by atoms with Crippen LogP contribution in [-0.2, 0) is 0 Å². The summed E-state index contributed by atoms with van der Waals surface area (Å²) in [5, 5.41) is 7.00. The van der Waals surface area contributed by atoms with Crippen LogP contribution >= 0.6 is 0 Å². The Labute approximate surface area is 173 Å². The summed E-state index contributed by atoms with van der Waals surface area (Å²) in [6.45, 7) is 0. The number of ether oxygens (including phenoxy) is 2. The number of hydrogen-bond donors (Lipinski definition) is 2. The van der Waals surface area contributed by atoms with E-state index in [9.17, 15) is 9.59 Å². The number of para-hydroxylation sites is 2. The zero-order valence-electron chi connectivity index (χ0n) is 15.9. The molecule has 6 nitrogen and oxygen atoms in total. The average Bonchev–Trinajstić information content (AvgIpc) is 2.76. The third-order valence-electron chi connectivity index (χ3n) is 4.30. The second kappa shape index (κ2) is 8.79. The topological polar surface area (TPSA) is 76.7 Å². The highest BCUT2D eigenvalue weighted by Crippen LogP contribution is 2.29. The van der Waals surface area contributed by atoms with Crippen molar-refractivity contribution >= 4 is 34.3 Å². The van der Waals surface area contributed by atoms with E-state index < -0.39 is 12.2 Å². The molecule has 0 bridgehead atoms. The Balaban J connectivity index is 1.52. The molecule has 0 saturated carbocycles. The van der Waals surface area contributed by atoms with Crippen LogP contribution in [0.25, 0.3) is 10.8 Å². The lowest BCUT2D eigenvalue weighted by molar-refractivity contribution is 0.214. The summed E-state index contributed by atoms with van der Waals surface area (Å²) < 4.78 is 10.6. The molecule has 4 aromatic carbocycles. The number of nitrogens with one attached hydrogen (secondary N) is 2. The molecular formula is C24H18N2O4. The SMILES string of the molecule is O=C(Nc1cccc2c(NC(=O)Oc3ccccc3)cccc12)Oc1ccccc1. The van der Waals surface area contributed by atoms with Gasteiger partial charge >= 0.3 is 12.2 Å². The van der Waals surface area contributed by atoms with E-state index in [0.29, 0.717) is 22.9 Å². The van der Waals surface area contributed by atoms with Crippen molar-refractivity contribution in [2.45, 2.75) is 0 Å². The number of amides is 2. The van der Waals surface area contributed by atoms with Crippen molar-refractivity contribution in [3.63, 3.8) is 0 Å². The molecule has 0 radical (unpaired) electrons. The average molecular weight is 398 g/mol. The van der Waals surface area contributed by atoms with E-state index in [1.807, 2.05) is 24.3 Å². The quantitative estimate of drug-likeness (QED) is 0.438. The number of benzene rings is 4. The highest BCUT2D eigenvalue weighted by Gasteiger charge is 2.12. The summed E-state index contributed by atoms with van der Waals surface area (Å²) in [5.74, 6) is 0.891. The van der Waals surface area contributed by atoms with Crippen molar-refractivity contribution in [3.05, 3.63) is 97.1 Å². The minimum atomic E-state index is -0.601. The minimum Gasteiger partial charge on any atom is -0.410 e. The van der Waals surface area contributed by atoms with E-state index in [1.165, 1.54) is 0 Å². The van der Waals surface area contributed by atoms with Crippen LogP contribution < -0.4 is 20.1 Å². The Morgan fingerprint density at radius 3 is 1.30 bits per heavy atom. The van der Waals surface area contributed by atoms with Gasteiger partial charge in [-0.25, -0.2) is 9.59 Å². The Morgan fingerprint density at radius 1 is 0.500 bits per heavy atom. The van der Waals surface area contributed by atoms with Crippen molar-refractivity contribution in [1.82, 2.24) is 0 Å². The number of anilines is 2. The van der Waals surface area contributed by atoms with E-state index in [1.54, 1.807) is 72.8 Å². The Kier molecular flexibility index (Phi) is 5.57.